The van der Waals surface area contributed by atoms with Gasteiger partial charge in [-0.1, -0.05) is 30.3 Å². The first-order chi connectivity index (χ1) is 15.2. The lowest BCUT2D eigenvalue weighted by molar-refractivity contribution is -0.140. The van der Waals surface area contributed by atoms with E-state index >= 15 is 0 Å². The minimum atomic E-state index is -0.660. The molecule has 1 amide bonds. The van der Waals surface area contributed by atoms with E-state index in [1.165, 1.54) is 0 Å². The maximum atomic E-state index is 13.2. The number of hydrogen-bond acceptors (Lipinski definition) is 4. The second-order valence-electron chi connectivity index (χ2n) is 8.80. The van der Waals surface area contributed by atoms with E-state index in [2.05, 4.69) is 4.98 Å². The number of aryl methyl sites for hydroxylation is 3. The number of Topliss-reactive ketones (excluding diaryl/α,β-unsaturated/α-hetero) is 1. The Bertz CT molecular complexity index is 1250. The molecule has 1 atom stereocenters. The van der Waals surface area contributed by atoms with Crippen molar-refractivity contribution < 1.29 is 14.7 Å². The van der Waals surface area contributed by atoms with Crippen LogP contribution in [0.25, 0.3) is 16.7 Å². The van der Waals surface area contributed by atoms with Gasteiger partial charge in [-0.2, -0.15) is 0 Å². The van der Waals surface area contributed by atoms with Gasteiger partial charge in [0.25, 0.3) is 11.7 Å². The molecule has 0 bridgehead atoms. The van der Waals surface area contributed by atoms with Crippen LogP contribution in [0.5, 0.6) is 0 Å². The smallest absolute Gasteiger partial charge is 0.295 e. The molecule has 1 unspecified atom stereocenters. The summed E-state index contributed by atoms with van der Waals surface area (Å²) in [5, 5.41) is 12.3. The highest BCUT2D eigenvalue weighted by Crippen LogP contribution is 2.43. The number of aliphatic hydroxyl groups excluding tert-OH is 1. The summed E-state index contributed by atoms with van der Waals surface area (Å²) in [7, 11) is 3.86. The molecule has 166 valence electrons. The van der Waals surface area contributed by atoms with Crippen LogP contribution >= 0.6 is 0 Å². The van der Waals surface area contributed by atoms with Crippen molar-refractivity contribution in [1.29, 1.82) is 0 Å². The number of carbonyl (C=O) groups is 2. The highest BCUT2D eigenvalue weighted by atomic mass is 16.3. The number of rotatable bonds is 5. The van der Waals surface area contributed by atoms with Gasteiger partial charge in [-0.3, -0.25) is 9.59 Å². The second kappa shape index (κ2) is 8.28. The van der Waals surface area contributed by atoms with E-state index in [4.69, 9.17) is 0 Å². The topological polar surface area (TPSA) is 76.6 Å². The van der Waals surface area contributed by atoms with Gasteiger partial charge in [0.05, 0.1) is 11.6 Å². The van der Waals surface area contributed by atoms with E-state index in [9.17, 15) is 14.7 Å². The van der Waals surface area contributed by atoms with E-state index in [1.807, 2.05) is 76.2 Å². The minimum Gasteiger partial charge on any atom is -0.507 e. The van der Waals surface area contributed by atoms with Crippen molar-refractivity contribution in [2.75, 3.05) is 27.2 Å². The molecule has 2 aromatic carbocycles. The number of amides is 1. The molecule has 0 radical (unpaired) electrons. The molecule has 1 saturated heterocycles. The van der Waals surface area contributed by atoms with Crippen LogP contribution in [-0.4, -0.2) is 58.8 Å². The molecule has 1 aromatic heterocycles. The standard InChI is InChI=1S/C26H29N3O3/c1-15-10-11-18(14-16(15)2)24(30)22-23(29(13-12-28(4)5)26(32)25(22)31)21-17(3)27-20-9-7-6-8-19(20)21/h6-11,14,23,27,30H,12-13H2,1-5H3/b24-22+. The molecule has 2 heterocycles. The van der Waals surface area contributed by atoms with Gasteiger partial charge in [-0.15, -0.1) is 0 Å². The van der Waals surface area contributed by atoms with Gasteiger partial charge in [0.15, 0.2) is 0 Å². The summed E-state index contributed by atoms with van der Waals surface area (Å²) in [5.74, 6) is -1.35. The Hall–Kier alpha value is -3.38. The zero-order valence-corrected chi connectivity index (χ0v) is 19.2. The highest BCUT2D eigenvalue weighted by molar-refractivity contribution is 6.46. The zero-order valence-electron chi connectivity index (χ0n) is 19.2. The van der Waals surface area contributed by atoms with Gasteiger partial charge in [0.2, 0.25) is 0 Å². The molecule has 0 spiro atoms. The van der Waals surface area contributed by atoms with Crippen molar-refractivity contribution in [2.24, 2.45) is 0 Å². The quantitative estimate of drug-likeness (QED) is 0.363. The van der Waals surface area contributed by atoms with E-state index in [1.54, 1.807) is 11.0 Å². The number of nitrogens with one attached hydrogen (secondary N) is 1. The Balaban J connectivity index is 1.96. The van der Waals surface area contributed by atoms with Crippen molar-refractivity contribution in [3.05, 3.63) is 76.0 Å². The lowest BCUT2D eigenvalue weighted by Crippen LogP contribution is -2.35. The van der Waals surface area contributed by atoms with Crippen LogP contribution in [0.15, 0.2) is 48.0 Å². The summed E-state index contributed by atoms with van der Waals surface area (Å²) >= 11 is 0. The minimum absolute atomic E-state index is 0.131. The predicted octanol–water partition coefficient (Wildman–Crippen LogP) is 4.08. The third kappa shape index (κ3) is 3.60. The van der Waals surface area contributed by atoms with Crippen LogP contribution in [0.1, 0.15) is 34.0 Å². The zero-order chi connectivity index (χ0) is 23.2. The van der Waals surface area contributed by atoms with Crippen LogP contribution < -0.4 is 0 Å². The number of para-hydroxylation sites is 1. The maximum Gasteiger partial charge on any atom is 0.295 e. The largest absolute Gasteiger partial charge is 0.507 e. The summed E-state index contributed by atoms with van der Waals surface area (Å²) in [6, 6.07) is 12.7. The highest BCUT2D eigenvalue weighted by Gasteiger charge is 2.47. The number of nitrogens with zero attached hydrogens (tertiary/aromatic N) is 2. The molecule has 1 fully saturated rings. The fourth-order valence-electron chi connectivity index (χ4n) is 4.41. The molecule has 1 aliphatic heterocycles. The molecule has 3 aromatic rings. The first-order valence-electron chi connectivity index (χ1n) is 10.8. The molecule has 6 nitrogen and oxygen atoms in total. The molecular formula is C26H29N3O3. The normalized spacial score (nSPS) is 18.3. The lowest BCUT2D eigenvalue weighted by atomic mass is 9.92. The number of fused-ring (bicyclic) bond motifs is 1. The van der Waals surface area contributed by atoms with Gasteiger partial charge in [-0.25, -0.2) is 0 Å². The number of likely N-dealkylation sites (N-methyl/N-ethyl adjacent to an activating group) is 1. The Morgan fingerprint density at radius 2 is 1.78 bits per heavy atom. The summed E-state index contributed by atoms with van der Waals surface area (Å²) in [5.41, 5.74) is 5.45. The number of aliphatic hydroxyl groups is 1. The van der Waals surface area contributed by atoms with Crippen molar-refractivity contribution in [1.82, 2.24) is 14.8 Å². The van der Waals surface area contributed by atoms with Crippen LogP contribution in [-0.2, 0) is 9.59 Å². The number of H-pyrrole nitrogens is 1. The number of carbonyl (C=O) groups excluding carboxylic acids is 2. The summed E-state index contributed by atoms with van der Waals surface area (Å²) in [6.45, 7) is 6.88. The maximum absolute atomic E-state index is 13.2. The first kappa shape index (κ1) is 21.8. The molecule has 4 rings (SSSR count). The Labute approximate surface area is 188 Å². The fourth-order valence-corrected chi connectivity index (χ4v) is 4.41. The monoisotopic (exact) mass is 431 g/mol. The third-order valence-electron chi connectivity index (χ3n) is 6.33. The van der Waals surface area contributed by atoms with E-state index < -0.39 is 17.7 Å². The SMILES string of the molecule is Cc1ccc(/C(O)=C2\C(=O)C(=O)N(CCN(C)C)C2c2c(C)[nH]c3ccccc23)cc1C. The van der Waals surface area contributed by atoms with E-state index in [0.717, 1.165) is 33.3 Å². The molecule has 2 N–H and O–H groups in total. The number of aromatic nitrogens is 1. The van der Waals surface area contributed by atoms with Gasteiger partial charge < -0.3 is 19.9 Å². The number of likely N-dealkylation sites (tertiary alicyclic amines) is 1. The summed E-state index contributed by atoms with van der Waals surface area (Å²) in [6.07, 6.45) is 0. The van der Waals surface area contributed by atoms with Crippen LogP contribution in [0.3, 0.4) is 0 Å². The number of aromatic amines is 1. The Morgan fingerprint density at radius 1 is 1.06 bits per heavy atom. The van der Waals surface area contributed by atoms with Gasteiger partial charge in [-0.05, 0) is 58.1 Å². The third-order valence-corrected chi connectivity index (χ3v) is 6.33. The first-order valence-corrected chi connectivity index (χ1v) is 10.8. The molecular weight excluding hydrogens is 402 g/mol. The molecule has 0 saturated carbocycles. The lowest BCUT2D eigenvalue weighted by Gasteiger charge is -2.27. The van der Waals surface area contributed by atoms with Gasteiger partial charge >= 0.3 is 0 Å². The fraction of sp³-hybridized carbons (Fsp3) is 0.308. The van der Waals surface area contributed by atoms with E-state index in [-0.39, 0.29) is 11.3 Å². The van der Waals surface area contributed by atoms with Crippen molar-refractivity contribution in [3.8, 4) is 0 Å². The van der Waals surface area contributed by atoms with Gasteiger partial charge in [0, 0.05) is 40.8 Å². The van der Waals surface area contributed by atoms with Crippen molar-refractivity contribution in [2.45, 2.75) is 26.8 Å². The summed E-state index contributed by atoms with van der Waals surface area (Å²) < 4.78 is 0. The molecule has 0 aliphatic carbocycles. The van der Waals surface area contributed by atoms with Crippen LogP contribution in [0.2, 0.25) is 0 Å². The number of ketones is 1. The molecule has 1 aliphatic rings. The van der Waals surface area contributed by atoms with Crippen molar-refractivity contribution in [3.63, 3.8) is 0 Å². The molecule has 32 heavy (non-hydrogen) atoms. The average molecular weight is 432 g/mol. The second-order valence-corrected chi connectivity index (χ2v) is 8.80. The van der Waals surface area contributed by atoms with Crippen LogP contribution in [0.4, 0.5) is 0 Å². The van der Waals surface area contributed by atoms with Gasteiger partial charge in [0.1, 0.15) is 5.76 Å². The Morgan fingerprint density at radius 3 is 2.47 bits per heavy atom. The number of benzene rings is 2. The average Bonchev–Trinajstić information content (AvgIpc) is 3.20. The predicted molar refractivity (Wildman–Crippen MR) is 127 cm³/mol. The molecule has 6 heteroatoms. The number of hydrogen-bond donors (Lipinski definition) is 2. The van der Waals surface area contributed by atoms with E-state index in [0.29, 0.717) is 18.7 Å². The van der Waals surface area contributed by atoms with Crippen molar-refractivity contribution >= 4 is 28.4 Å². The van der Waals surface area contributed by atoms with Crippen LogP contribution in [0, 0.1) is 20.8 Å². The Kier molecular flexibility index (Phi) is 5.65. The summed E-state index contributed by atoms with van der Waals surface area (Å²) in [4.78, 5) is 33.3.